The van der Waals surface area contributed by atoms with Gasteiger partial charge in [-0.2, -0.15) is 4.58 Å². The monoisotopic (exact) mass is 189 g/mol. The number of aliphatic hydroxyl groups excluding tert-OH is 3. The minimum atomic E-state index is -0.817. The van der Waals surface area contributed by atoms with Gasteiger partial charge in [0.1, 0.15) is 6.23 Å². The van der Waals surface area contributed by atoms with Crippen LogP contribution in [0.15, 0.2) is 0 Å². The fourth-order valence-corrected chi connectivity index (χ4v) is 1.31. The second kappa shape index (κ2) is 4.20. The molecule has 0 aromatic carbocycles. The van der Waals surface area contributed by atoms with E-state index in [0.717, 1.165) is 4.58 Å². The van der Waals surface area contributed by atoms with E-state index in [1.165, 1.54) is 0 Å². The summed E-state index contributed by atoms with van der Waals surface area (Å²) in [6.45, 7) is -0.426. The Morgan fingerprint density at radius 3 is 2.77 bits per heavy atom. The Morgan fingerprint density at radius 1 is 1.62 bits per heavy atom. The first-order valence-electron chi connectivity index (χ1n) is 4.01. The summed E-state index contributed by atoms with van der Waals surface area (Å²) in [5.74, 6) is -0.391. The third-order valence-corrected chi connectivity index (χ3v) is 2.04. The Bertz CT molecular complexity index is 229. The molecule has 0 aromatic rings. The molecule has 2 unspecified atom stereocenters. The molecule has 2 atom stereocenters. The molecule has 1 fully saturated rings. The second-order valence-corrected chi connectivity index (χ2v) is 2.89. The summed E-state index contributed by atoms with van der Waals surface area (Å²) in [6, 6.07) is -0.599. The van der Waals surface area contributed by atoms with Crippen molar-refractivity contribution in [3.63, 3.8) is 0 Å². The number of amides is 1. The highest BCUT2D eigenvalue weighted by atomic mass is 16.3. The van der Waals surface area contributed by atoms with Gasteiger partial charge in [0.2, 0.25) is 12.8 Å². The highest BCUT2D eigenvalue weighted by molar-refractivity contribution is 5.81. The van der Waals surface area contributed by atoms with Crippen molar-refractivity contribution in [2.24, 2.45) is 0 Å². The lowest BCUT2D eigenvalue weighted by Gasteiger charge is -2.22. The maximum atomic E-state index is 11.2. The molecule has 1 saturated heterocycles. The summed E-state index contributed by atoms with van der Waals surface area (Å²) in [5, 5.41) is 28.8. The van der Waals surface area contributed by atoms with Gasteiger partial charge < -0.3 is 20.6 Å². The van der Waals surface area contributed by atoms with Gasteiger partial charge in [0.25, 0.3) is 5.91 Å². The minimum absolute atomic E-state index is 0.391. The van der Waals surface area contributed by atoms with E-state index in [-0.39, 0.29) is 0 Å². The molecule has 74 valence electrons. The molecule has 1 aliphatic rings. The van der Waals surface area contributed by atoms with Gasteiger partial charge in [0, 0.05) is 6.42 Å². The van der Waals surface area contributed by atoms with Crippen LogP contribution in [0.3, 0.4) is 0 Å². The third kappa shape index (κ3) is 2.16. The van der Waals surface area contributed by atoms with Crippen LogP contribution < -0.4 is 5.32 Å². The maximum Gasteiger partial charge on any atom is 0.324 e. The van der Waals surface area contributed by atoms with E-state index in [4.69, 9.17) is 15.3 Å². The Labute approximate surface area is 75.1 Å². The van der Waals surface area contributed by atoms with Crippen LogP contribution in [-0.2, 0) is 4.79 Å². The van der Waals surface area contributed by atoms with Crippen LogP contribution in [0, 0.1) is 0 Å². The molecule has 0 bridgehead atoms. The van der Waals surface area contributed by atoms with E-state index < -0.39 is 24.9 Å². The van der Waals surface area contributed by atoms with Crippen molar-refractivity contribution in [3.8, 4) is 0 Å². The molecule has 0 radical (unpaired) electrons. The van der Waals surface area contributed by atoms with Gasteiger partial charge in [-0.05, 0) is 6.42 Å². The number of carbonyl (C=O) groups excluding carboxylic acids is 1. The van der Waals surface area contributed by atoms with E-state index in [9.17, 15) is 4.79 Å². The summed E-state index contributed by atoms with van der Waals surface area (Å²) in [5.41, 5.74) is 0. The SMILES string of the molecule is O=C1NC(O)CCC1[N+](=CO)CO. The quantitative estimate of drug-likeness (QED) is 0.177. The van der Waals surface area contributed by atoms with Crippen molar-refractivity contribution in [1.82, 2.24) is 5.32 Å². The van der Waals surface area contributed by atoms with Crippen molar-refractivity contribution in [2.75, 3.05) is 6.73 Å². The Kier molecular flexibility index (Phi) is 3.21. The van der Waals surface area contributed by atoms with Crippen molar-refractivity contribution in [2.45, 2.75) is 25.1 Å². The third-order valence-electron chi connectivity index (χ3n) is 2.04. The molecule has 6 heteroatoms. The van der Waals surface area contributed by atoms with Gasteiger partial charge in [-0.3, -0.25) is 4.79 Å². The molecule has 6 nitrogen and oxygen atoms in total. The second-order valence-electron chi connectivity index (χ2n) is 2.89. The van der Waals surface area contributed by atoms with E-state index >= 15 is 0 Å². The molecule has 1 rings (SSSR count). The summed E-state index contributed by atoms with van der Waals surface area (Å²) in [7, 11) is 0. The van der Waals surface area contributed by atoms with Crippen LogP contribution in [0.5, 0.6) is 0 Å². The lowest BCUT2D eigenvalue weighted by atomic mass is 10.1. The largest absolute Gasteiger partial charge is 0.466 e. The minimum Gasteiger partial charge on any atom is -0.466 e. The zero-order valence-electron chi connectivity index (χ0n) is 7.05. The van der Waals surface area contributed by atoms with Crippen molar-refractivity contribution >= 4 is 12.3 Å². The number of nitrogens with one attached hydrogen (secondary N) is 1. The standard InChI is InChI=1S/C7H12N2O4/c10-3-9(4-11)5-1-2-6(12)8-7(5)13/h3,5-6,11-12H,1-2,4H2,(H,8,13)/p+1. The zero-order valence-corrected chi connectivity index (χ0v) is 7.05. The predicted octanol–water partition coefficient (Wildman–Crippen LogP) is -1.87. The van der Waals surface area contributed by atoms with Gasteiger partial charge in [-0.25, -0.2) is 0 Å². The molecule has 0 aliphatic carbocycles. The van der Waals surface area contributed by atoms with Gasteiger partial charge >= 0.3 is 6.40 Å². The van der Waals surface area contributed by atoms with E-state index in [1.807, 2.05) is 0 Å². The van der Waals surface area contributed by atoms with Gasteiger partial charge in [0.05, 0.1) is 0 Å². The number of rotatable bonds is 2. The molecule has 1 aliphatic heterocycles. The smallest absolute Gasteiger partial charge is 0.324 e. The topological polar surface area (TPSA) is 92.8 Å². The van der Waals surface area contributed by atoms with Crippen molar-refractivity contribution < 1.29 is 24.7 Å². The summed E-state index contributed by atoms with van der Waals surface area (Å²) in [6.07, 6.45) is 0.677. The highest BCUT2D eigenvalue weighted by Gasteiger charge is 2.34. The Morgan fingerprint density at radius 2 is 2.31 bits per heavy atom. The number of nitrogens with zero attached hydrogens (tertiary/aromatic N) is 1. The normalized spacial score (nSPS) is 30.0. The molecule has 1 heterocycles. The van der Waals surface area contributed by atoms with Gasteiger partial charge in [-0.1, -0.05) is 0 Å². The number of hydrogen-bond donors (Lipinski definition) is 4. The average Bonchev–Trinajstić information content (AvgIpc) is 2.10. The highest BCUT2D eigenvalue weighted by Crippen LogP contribution is 2.09. The van der Waals surface area contributed by atoms with Crippen LogP contribution in [0.25, 0.3) is 0 Å². The zero-order chi connectivity index (χ0) is 9.84. The summed E-state index contributed by atoms with van der Waals surface area (Å²) >= 11 is 0. The van der Waals surface area contributed by atoms with E-state index in [2.05, 4.69) is 5.32 Å². The summed E-state index contributed by atoms with van der Waals surface area (Å²) < 4.78 is 1.10. The molecule has 1 amide bonds. The summed E-state index contributed by atoms with van der Waals surface area (Å²) in [4.78, 5) is 11.2. The van der Waals surface area contributed by atoms with Crippen LogP contribution in [-0.4, -0.2) is 51.2 Å². The first kappa shape index (κ1) is 9.94. The van der Waals surface area contributed by atoms with E-state index in [1.54, 1.807) is 0 Å². The molecule has 0 spiro atoms. The Hall–Kier alpha value is -1.14. The number of carbonyl (C=O) groups is 1. The molecule has 0 saturated carbocycles. The fourth-order valence-electron chi connectivity index (χ4n) is 1.31. The lowest BCUT2D eigenvalue weighted by molar-refractivity contribution is -0.589. The van der Waals surface area contributed by atoms with Crippen LogP contribution >= 0.6 is 0 Å². The van der Waals surface area contributed by atoms with Crippen LogP contribution in [0.1, 0.15) is 12.8 Å². The van der Waals surface area contributed by atoms with Crippen molar-refractivity contribution in [3.05, 3.63) is 0 Å². The fraction of sp³-hybridized carbons (Fsp3) is 0.714. The molecular formula is C7H13N2O4+. The number of aliphatic hydroxyl groups is 3. The Balaban J connectivity index is 2.65. The predicted molar refractivity (Wildman–Crippen MR) is 43.2 cm³/mol. The molecular weight excluding hydrogens is 176 g/mol. The first-order chi connectivity index (χ1) is 6.19. The number of hydrogen-bond acceptors (Lipinski definition) is 3. The first-order valence-corrected chi connectivity index (χ1v) is 4.01. The number of piperidine rings is 1. The maximum absolute atomic E-state index is 11.2. The van der Waals surface area contributed by atoms with Crippen molar-refractivity contribution in [1.29, 1.82) is 0 Å². The van der Waals surface area contributed by atoms with E-state index in [0.29, 0.717) is 19.2 Å². The van der Waals surface area contributed by atoms with Crippen LogP contribution in [0.2, 0.25) is 0 Å². The van der Waals surface area contributed by atoms with Gasteiger partial charge in [0.15, 0.2) is 0 Å². The molecule has 4 N–H and O–H groups in total. The average molecular weight is 189 g/mol. The van der Waals surface area contributed by atoms with Gasteiger partial charge in [-0.15, -0.1) is 0 Å². The molecule has 13 heavy (non-hydrogen) atoms. The lowest BCUT2D eigenvalue weighted by Crippen LogP contribution is -2.51. The van der Waals surface area contributed by atoms with Crippen LogP contribution in [0.4, 0.5) is 0 Å². The molecule has 0 aromatic heterocycles.